The highest BCUT2D eigenvalue weighted by Gasteiger charge is 2.14. The number of benzene rings is 3. The third-order valence-electron chi connectivity index (χ3n) is 4.75. The molecule has 0 spiro atoms. The highest BCUT2D eigenvalue weighted by molar-refractivity contribution is 5.88. The summed E-state index contributed by atoms with van der Waals surface area (Å²) >= 11 is 0. The first-order valence-electron chi connectivity index (χ1n) is 10.4. The van der Waals surface area contributed by atoms with E-state index >= 15 is 0 Å². The van der Waals surface area contributed by atoms with E-state index in [1.165, 1.54) is 0 Å². The van der Waals surface area contributed by atoms with Crippen LogP contribution in [0.3, 0.4) is 0 Å². The average Bonchev–Trinajstić information content (AvgIpc) is 3.34. The van der Waals surface area contributed by atoms with Crippen LogP contribution in [0.1, 0.15) is 28.5 Å². The monoisotopic (exact) mass is 428 g/mol. The zero-order valence-corrected chi connectivity index (χ0v) is 17.8. The van der Waals surface area contributed by atoms with Crippen LogP contribution in [0.15, 0.2) is 84.9 Å². The third-order valence-corrected chi connectivity index (χ3v) is 4.75. The Bertz CT molecular complexity index is 1100. The zero-order chi connectivity index (χ0) is 22.2. The first-order valence-corrected chi connectivity index (χ1v) is 10.4. The molecule has 0 aliphatic heterocycles. The molecule has 0 saturated heterocycles. The van der Waals surface area contributed by atoms with Crippen molar-refractivity contribution in [3.63, 3.8) is 0 Å². The van der Waals surface area contributed by atoms with Crippen molar-refractivity contribution in [1.29, 1.82) is 0 Å². The summed E-state index contributed by atoms with van der Waals surface area (Å²) in [7, 11) is 0. The Morgan fingerprint density at radius 3 is 1.91 bits per heavy atom. The fraction of sp³-hybridized carbons (Fsp3) is 0.154. The van der Waals surface area contributed by atoms with Crippen LogP contribution in [0.2, 0.25) is 0 Å². The van der Waals surface area contributed by atoms with Crippen LogP contribution in [0, 0.1) is 0 Å². The highest BCUT2D eigenvalue weighted by atomic mass is 16.5. The molecule has 162 valence electrons. The summed E-state index contributed by atoms with van der Waals surface area (Å²) in [6, 6.07) is 27.2. The Kier molecular flexibility index (Phi) is 6.82. The van der Waals surface area contributed by atoms with Crippen molar-refractivity contribution in [1.82, 2.24) is 10.2 Å². The molecule has 1 aromatic heterocycles. The van der Waals surface area contributed by atoms with Gasteiger partial charge in [-0.3, -0.25) is 5.10 Å². The maximum absolute atomic E-state index is 12.0. The fourth-order valence-corrected chi connectivity index (χ4v) is 3.15. The smallest absolute Gasteiger partial charge is 0.356 e. The maximum Gasteiger partial charge on any atom is 0.356 e. The number of esters is 1. The molecule has 1 N–H and O–H groups in total. The lowest BCUT2D eigenvalue weighted by molar-refractivity contribution is 0.0519. The van der Waals surface area contributed by atoms with Gasteiger partial charge in [0.15, 0.2) is 0 Å². The number of aromatic nitrogens is 2. The molecule has 4 rings (SSSR count). The van der Waals surface area contributed by atoms with Gasteiger partial charge in [0.2, 0.25) is 0 Å². The van der Waals surface area contributed by atoms with Crippen molar-refractivity contribution in [2.45, 2.75) is 20.1 Å². The second kappa shape index (κ2) is 10.3. The van der Waals surface area contributed by atoms with Crippen LogP contribution in [0.25, 0.3) is 11.3 Å². The second-order valence-electron chi connectivity index (χ2n) is 7.13. The van der Waals surface area contributed by atoms with E-state index in [0.717, 1.165) is 16.7 Å². The molecule has 6 heteroatoms. The molecular weight excluding hydrogens is 404 g/mol. The predicted octanol–water partition coefficient (Wildman–Crippen LogP) is 5.41. The van der Waals surface area contributed by atoms with Gasteiger partial charge >= 0.3 is 5.97 Å². The van der Waals surface area contributed by atoms with Gasteiger partial charge in [0, 0.05) is 11.6 Å². The minimum absolute atomic E-state index is 0.296. The van der Waals surface area contributed by atoms with Crippen LogP contribution in [-0.2, 0) is 18.0 Å². The Balaban J connectivity index is 1.58. The minimum Gasteiger partial charge on any atom is -0.489 e. The van der Waals surface area contributed by atoms with Crippen LogP contribution in [0.4, 0.5) is 0 Å². The van der Waals surface area contributed by atoms with Crippen molar-refractivity contribution >= 4 is 5.97 Å². The van der Waals surface area contributed by atoms with E-state index in [9.17, 15) is 4.79 Å². The Morgan fingerprint density at radius 1 is 0.812 bits per heavy atom. The lowest BCUT2D eigenvalue weighted by Crippen LogP contribution is -2.04. The number of aromatic amines is 1. The summed E-state index contributed by atoms with van der Waals surface area (Å²) in [5.41, 5.74) is 3.79. The summed E-state index contributed by atoms with van der Waals surface area (Å²) in [6.45, 7) is 2.92. The van der Waals surface area contributed by atoms with Crippen molar-refractivity contribution in [2.24, 2.45) is 0 Å². The van der Waals surface area contributed by atoms with E-state index in [4.69, 9.17) is 14.2 Å². The first kappa shape index (κ1) is 21.2. The van der Waals surface area contributed by atoms with Crippen molar-refractivity contribution in [2.75, 3.05) is 6.61 Å². The molecule has 0 aliphatic carbocycles. The van der Waals surface area contributed by atoms with Crippen LogP contribution >= 0.6 is 0 Å². The second-order valence-corrected chi connectivity index (χ2v) is 7.13. The normalized spacial score (nSPS) is 10.5. The fourth-order valence-electron chi connectivity index (χ4n) is 3.15. The molecule has 6 nitrogen and oxygen atoms in total. The lowest BCUT2D eigenvalue weighted by atomic mass is 10.1. The van der Waals surface area contributed by atoms with Gasteiger partial charge in [0.25, 0.3) is 0 Å². The van der Waals surface area contributed by atoms with E-state index in [1.54, 1.807) is 13.0 Å². The SMILES string of the molecule is CCOC(=O)c1cc(-c2cc(OCc3ccccc3)cc(OCc3ccccc3)c2)n[nH]1. The molecule has 0 saturated carbocycles. The van der Waals surface area contributed by atoms with Crippen LogP contribution in [-0.4, -0.2) is 22.8 Å². The zero-order valence-electron chi connectivity index (χ0n) is 17.8. The van der Waals surface area contributed by atoms with Gasteiger partial charge in [-0.1, -0.05) is 60.7 Å². The molecule has 0 fully saturated rings. The van der Waals surface area contributed by atoms with Gasteiger partial charge in [-0.2, -0.15) is 5.10 Å². The van der Waals surface area contributed by atoms with Gasteiger partial charge in [-0.15, -0.1) is 0 Å². The Hall–Kier alpha value is -4.06. The standard InChI is InChI=1S/C26H24N2O4/c1-2-30-26(29)25-16-24(27-28-25)21-13-22(31-17-19-9-5-3-6-10-19)15-23(14-21)32-18-20-11-7-4-8-12-20/h3-16H,2,17-18H2,1H3,(H,27,28). The molecule has 0 unspecified atom stereocenters. The van der Waals surface area contributed by atoms with Gasteiger partial charge < -0.3 is 14.2 Å². The van der Waals surface area contributed by atoms with Gasteiger partial charge in [-0.25, -0.2) is 4.79 Å². The largest absolute Gasteiger partial charge is 0.489 e. The molecule has 0 radical (unpaired) electrons. The molecule has 1 heterocycles. The maximum atomic E-state index is 12.0. The first-order chi connectivity index (χ1) is 15.7. The molecule has 0 aliphatic rings. The lowest BCUT2D eigenvalue weighted by Gasteiger charge is -2.12. The number of nitrogens with one attached hydrogen (secondary N) is 1. The molecule has 0 bridgehead atoms. The van der Waals surface area contributed by atoms with Crippen molar-refractivity contribution < 1.29 is 19.0 Å². The summed E-state index contributed by atoms with van der Waals surface area (Å²) in [6.07, 6.45) is 0. The number of carbonyl (C=O) groups excluding carboxylic acids is 1. The number of H-pyrrole nitrogens is 1. The number of nitrogens with zero attached hydrogens (tertiary/aromatic N) is 1. The van der Waals surface area contributed by atoms with E-state index in [2.05, 4.69) is 10.2 Å². The summed E-state index contributed by atoms with van der Waals surface area (Å²) in [4.78, 5) is 12.0. The van der Waals surface area contributed by atoms with Crippen molar-refractivity contribution in [3.8, 4) is 22.8 Å². The topological polar surface area (TPSA) is 73.4 Å². The van der Waals surface area contributed by atoms with E-state index in [-0.39, 0.29) is 0 Å². The molecule has 32 heavy (non-hydrogen) atoms. The highest BCUT2D eigenvalue weighted by Crippen LogP contribution is 2.30. The molecule has 3 aromatic carbocycles. The van der Waals surface area contributed by atoms with E-state index in [0.29, 0.717) is 42.7 Å². The Labute approximate surface area is 186 Å². The average molecular weight is 428 g/mol. The number of hydrogen-bond acceptors (Lipinski definition) is 5. The summed E-state index contributed by atoms with van der Waals surface area (Å²) in [5.74, 6) is 0.855. The van der Waals surface area contributed by atoms with Crippen LogP contribution < -0.4 is 9.47 Å². The van der Waals surface area contributed by atoms with E-state index < -0.39 is 5.97 Å². The van der Waals surface area contributed by atoms with Crippen molar-refractivity contribution in [3.05, 3.63) is 102 Å². The van der Waals surface area contributed by atoms with Gasteiger partial charge in [0.1, 0.15) is 30.4 Å². The third kappa shape index (κ3) is 5.55. The number of carbonyl (C=O) groups is 1. The molecule has 0 amide bonds. The molecule has 0 atom stereocenters. The Morgan fingerprint density at radius 2 is 1.38 bits per heavy atom. The van der Waals surface area contributed by atoms with Gasteiger partial charge in [-0.05, 0) is 36.2 Å². The summed E-state index contributed by atoms with van der Waals surface area (Å²) in [5, 5.41) is 7.01. The quantitative estimate of drug-likeness (QED) is 0.361. The number of ether oxygens (including phenoxy) is 3. The minimum atomic E-state index is -0.441. The molecule has 4 aromatic rings. The predicted molar refractivity (Wildman–Crippen MR) is 122 cm³/mol. The number of rotatable bonds is 9. The van der Waals surface area contributed by atoms with Gasteiger partial charge in [0.05, 0.1) is 12.3 Å². The summed E-state index contributed by atoms with van der Waals surface area (Å²) < 4.78 is 17.1. The number of hydrogen-bond donors (Lipinski definition) is 1. The van der Waals surface area contributed by atoms with E-state index in [1.807, 2.05) is 78.9 Å². The van der Waals surface area contributed by atoms with Crippen LogP contribution in [0.5, 0.6) is 11.5 Å². The molecular formula is C26H24N2O4.